The van der Waals surface area contributed by atoms with Gasteiger partial charge in [-0.25, -0.2) is 9.97 Å². The summed E-state index contributed by atoms with van der Waals surface area (Å²) in [6.45, 7) is -2.79. The smallest absolute Gasteiger partial charge is 0.291 e. The topological polar surface area (TPSA) is 52.7 Å². The van der Waals surface area contributed by atoms with Gasteiger partial charge in [0.15, 0.2) is 0 Å². The van der Waals surface area contributed by atoms with Crippen molar-refractivity contribution in [1.82, 2.24) is 19.1 Å². The molecule has 0 fully saturated rings. The van der Waals surface area contributed by atoms with E-state index < -0.39 is 6.55 Å². The van der Waals surface area contributed by atoms with Gasteiger partial charge in [-0.1, -0.05) is 12.1 Å². The van der Waals surface area contributed by atoms with Crippen molar-refractivity contribution in [3.63, 3.8) is 0 Å². The third-order valence-electron chi connectivity index (χ3n) is 3.63. The second-order valence-corrected chi connectivity index (χ2v) is 5.88. The van der Waals surface area contributed by atoms with Crippen LogP contribution in [0.5, 0.6) is 0 Å². The summed E-state index contributed by atoms with van der Waals surface area (Å²) >= 11 is 1.36. The molecule has 0 radical (unpaired) electrons. The van der Waals surface area contributed by atoms with E-state index in [-0.39, 0.29) is 17.9 Å². The maximum atomic E-state index is 13.4. The molecule has 0 unspecified atom stereocenters. The Balaban J connectivity index is 1.87. The molecular formula is C15H10F2N4OS. The molecule has 0 bridgehead atoms. The first-order chi connectivity index (χ1) is 11.1. The van der Waals surface area contributed by atoms with Crippen molar-refractivity contribution in [2.24, 2.45) is 0 Å². The van der Waals surface area contributed by atoms with E-state index in [2.05, 4.69) is 9.97 Å². The van der Waals surface area contributed by atoms with Crippen LogP contribution in [0.25, 0.3) is 21.3 Å². The molecule has 23 heavy (non-hydrogen) atoms. The van der Waals surface area contributed by atoms with E-state index in [1.807, 2.05) is 0 Å². The molecule has 0 atom stereocenters. The summed E-state index contributed by atoms with van der Waals surface area (Å²) < 4.78 is 29.0. The average molecular weight is 332 g/mol. The van der Waals surface area contributed by atoms with E-state index in [1.165, 1.54) is 22.2 Å². The fraction of sp³-hybridized carbons (Fsp3) is 0.133. The fourth-order valence-corrected chi connectivity index (χ4v) is 3.31. The summed E-state index contributed by atoms with van der Waals surface area (Å²) in [7, 11) is 0. The summed E-state index contributed by atoms with van der Waals surface area (Å²) in [5.41, 5.74) is 0.555. The maximum Gasteiger partial charge on any atom is 0.320 e. The van der Waals surface area contributed by atoms with Crippen molar-refractivity contribution in [2.75, 3.05) is 0 Å². The molecule has 0 N–H and O–H groups in total. The minimum Gasteiger partial charge on any atom is -0.291 e. The Labute approximate surface area is 132 Å². The van der Waals surface area contributed by atoms with E-state index >= 15 is 0 Å². The zero-order valence-corrected chi connectivity index (χ0v) is 12.5. The van der Waals surface area contributed by atoms with E-state index in [4.69, 9.17) is 0 Å². The van der Waals surface area contributed by atoms with Gasteiger partial charge < -0.3 is 0 Å². The number of hydrogen-bond donors (Lipinski definition) is 0. The summed E-state index contributed by atoms with van der Waals surface area (Å²) in [6.07, 6.45) is 1.37. The van der Waals surface area contributed by atoms with Gasteiger partial charge in [0, 0.05) is 0 Å². The molecule has 0 aliphatic carbocycles. The Hall–Kier alpha value is -2.61. The molecule has 4 rings (SSSR count). The lowest BCUT2D eigenvalue weighted by atomic mass is 10.3. The number of nitrogens with zero attached hydrogens (tertiary/aromatic N) is 4. The molecule has 0 aliphatic heterocycles. The third-order valence-corrected chi connectivity index (χ3v) is 4.45. The minimum atomic E-state index is -2.73. The van der Waals surface area contributed by atoms with Gasteiger partial charge in [-0.05, 0) is 23.6 Å². The molecule has 0 aliphatic rings. The molecule has 8 heteroatoms. The Morgan fingerprint density at radius 2 is 2.04 bits per heavy atom. The molecule has 3 aromatic heterocycles. The van der Waals surface area contributed by atoms with Crippen molar-refractivity contribution in [1.29, 1.82) is 0 Å². The van der Waals surface area contributed by atoms with Gasteiger partial charge in [0.25, 0.3) is 5.56 Å². The van der Waals surface area contributed by atoms with Gasteiger partial charge in [0.2, 0.25) is 0 Å². The van der Waals surface area contributed by atoms with Crippen molar-refractivity contribution < 1.29 is 8.78 Å². The van der Waals surface area contributed by atoms with Crippen molar-refractivity contribution in [3.8, 4) is 0 Å². The summed E-state index contributed by atoms with van der Waals surface area (Å²) in [6, 6.07) is 8.35. The summed E-state index contributed by atoms with van der Waals surface area (Å²) in [4.78, 5) is 21.4. The number of aromatic nitrogens is 4. The predicted octanol–water partition coefficient (Wildman–Crippen LogP) is 3.25. The highest BCUT2D eigenvalue weighted by Gasteiger charge is 2.18. The number of alkyl halides is 2. The van der Waals surface area contributed by atoms with Crippen LogP contribution in [-0.4, -0.2) is 19.1 Å². The van der Waals surface area contributed by atoms with E-state index in [1.54, 1.807) is 35.7 Å². The monoisotopic (exact) mass is 332 g/mol. The van der Waals surface area contributed by atoms with Crippen molar-refractivity contribution in [3.05, 3.63) is 58.2 Å². The van der Waals surface area contributed by atoms with Gasteiger partial charge in [-0.15, -0.1) is 11.3 Å². The Morgan fingerprint density at radius 3 is 2.87 bits per heavy atom. The van der Waals surface area contributed by atoms with Crippen LogP contribution in [0.4, 0.5) is 8.78 Å². The lowest BCUT2D eigenvalue weighted by Crippen LogP contribution is -2.22. The number of thiophene rings is 1. The number of halogens is 2. The number of fused-ring (bicyclic) bond motifs is 2. The largest absolute Gasteiger partial charge is 0.320 e. The minimum absolute atomic E-state index is 0.0589. The van der Waals surface area contributed by atoms with Crippen LogP contribution in [0.15, 0.2) is 46.8 Å². The van der Waals surface area contributed by atoms with Crippen LogP contribution in [0.1, 0.15) is 12.4 Å². The number of rotatable bonds is 3. The standard InChI is InChI=1S/C15H10F2N4OS/c16-15(17)21-11-4-2-1-3-10(11)19-12(21)7-20-8-18-13-9(14(20)22)5-6-23-13/h1-6,8,15H,7H2. The molecular weight excluding hydrogens is 322 g/mol. The maximum absolute atomic E-state index is 13.4. The van der Waals surface area contributed by atoms with E-state index in [9.17, 15) is 13.6 Å². The third kappa shape index (κ3) is 2.22. The Kier molecular flexibility index (Phi) is 3.19. The summed E-state index contributed by atoms with van der Waals surface area (Å²) in [5.74, 6) is 0.125. The highest BCUT2D eigenvalue weighted by Crippen LogP contribution is 2.23. The fourth-order valence-electron chi connectivity index (χ4n) is 2.58. The first kappa shape index (κ1) is 14.0. The highest BCUT2D eigenvalue weighted by molar-refractivity contribution is 7.16. The number of para-hydroxylation sites is 2. The Morgan fingerprint density at radius 1 is 1.22 bits per heavy atom. The van der Waals surface area contributed by atoms with Crippen LogP contribution in [0.2, 0.25) is 0 Å². The normalized spacial score (nSPS) is 11.8. The van der Waals surface area contributed by atoms with Crippen LogP contribution in [0, 0.1) is 0 Å². The first-order valence-electron chi connectivity index (χ1n) is 6.82. The molecule has 116 valence electrons. The molecule has 0 saturated carbocycles. The van der Waals surface area contributed by atoms with Crippen LogP contribution in [-0.2, 0) is 6.54 Å². The van der Waals surface area contributed by atoms with E-state index in [0.717, 1.165) is 4.57 Å². The zero-order chi connectivity index (χ0) is 16.0. The second kappa shape index (κ2) is 5.24. The summed E-state index contributed by atoms with van der Waals surface area (Å²) in [5, 5.41) is 2.26. The molecule has 4 aromatic rings. The molecule has 3 heterocycles. The molecule has 0 spiro atoms. The molecule has 0 amide bonds. The molecule has 0 saturated heterocycles. The quantitative estimate of drug-likeness (QED) is 0.579. The molecule has 5 nitrogen and oxygen atoms in total. The van der Waals surface area contributed by atoms with Crippen LogP contribution >= 0.6 is 11.3 Å². The average Bonchev–Trinajstić information content (AvgIpc) is 3.14. The van der Waals surface area contributed by atoms with Gasteiger partial charge in [-0.3, -0.25) is 13.9 Å². The van der Waals surface area contributed by atoms with Crippen LogP contribution < -0.4 is 5.56 Å². The van der Waals surface area contributed by atoms with Gasteiger partial charge in [-0.2, -0.15) is 8.78 Å². The van der Waals surface area contributed by atoms with Gasteiger partial charge >= 0.3 is 6.55 Å². The SMILES string of the molecule is O=c1c2ccsc2ncn1Cc1nc2ccccc2n1C(F)F. The molecule has 1 aromatic carbocycles. The van der Waals surface area contributed by atoms with Crippen molar-refractivity contribution in [2.45, 2.75) is 13.1 Å². The lowest BCUT2D eigenvalue weighted by molar-refractivity contribution is 0.0711. The first-order valence-corrected chi connectivity index (χ1v) is 7.70. The van der Waals surface area contributed by atoms with Crippen LogP contribution in [0.3, 0.4) is 0 Å². The highest BCUT2D eigenvalue weighted by atomic mass is 32.1. The number of benzene rings is 1. The van der Waals surface area contributed by atoms with Gasteiger partial charge in [0.1, 0.15) is 10.7 Å². The van der Waals surface area contributed by atoms with Gasteiger partial charge in [0.05, 0.1) is 29.3 Å². The van der Waals surface area contributed by atoms with E-state index in [0.29, 0.717) is 21.3 Å². The Bertz CT molecular complexity index is 1070. The van der Waals surface area contributed by atoms with Crippen molar-refractivity contribution >= 4 is 32.6 Å². The second-order valence-electron chi connectivity index (χ2n) is 4.98. The number of hydrogen-bond acceptors (Lipinski definition) is 4. The number of imidazole rings is 1. The predicted molar refractivity (Wildman–Crippen MR) is 84.0 cm³/mol. The lowest BCUT2D eigenvalue weighted by Gasteiger charge is -2.09. The zero-order valence-electron chi connectivity index (χ0n) is 11.7.